The van der Waals surface area contributed by atoms with Crippen molar-refractivity contribution in [3.8, 4) is 5.75 Å². The van der Waals surface area contributed by atoms with Crippen molar-refractivity contribution in [3.05, 3.63) is 94.5 Å². The van der Waals surface area contributed by atoms with Gasteiger partial charge < -0.3 is 10.1 Å². The number of para-hydroxylation sites is 1. The van der Waals surface area contributed by atoms with Gasteiger partial charge in [0.1, 0.15) is 5.75 Å². The maximum atomic E-state index is 12.4. The van der Waals surface area contributed by atoms with Crippen LogP contribution in [0.25, 0.3) is 0 Å². The molecule has 0 aliphatic rings. The second kappa shape index (κ2) is 8.52. The van der Waals surface area contributed by atoms with Crippen LogP contribution < -0.4 is 10.1 Å². The summed E-state index contributed by atoms with van der Waals surface area (Å²) in [5.41, 5.74) is 2.84. The van der Waals surface area contributed by atoms with Crippen molar-refractivity contribution in [1.82, 2.24) is 0 Å². The van der Waals surface area contributed by atoms with Gasteiger partial charge in [-0.05, 0) is 67.1 Å². The van der Waals surface area contributed by atoms with Crippen molar-refractivity contribution in [2.24, 2.45) is 0 Å². The highest BCUT2D eigenvalue weighted by molar-refractivity contribution is 6.30. The Morgan fingerprint density at radius 2 is 1.48 bits per heavy atom. The van der Waals surface area contributed by atoms with Crippen molar-refractivity contribution in [1.29, 1.82) is 0 Å². The van der Waals surface area contributed by atoms with E-state index < -0.39 is 0 Å². The van der Waals surface area contributed by atoms with Gasteiger partial charge in [0.15, 0.2) is 12.4 Å². The lowest BCUT2D eigenvalue weighted by atomic mass is 10.0. The average molecular weight is 380 g/mol. The lowest BCUT2D eigenvalue weighted by molar-refractivity contribution is -0.118. The first kappa shape index (κ1) is 18.7. The van der Waals surface area contributed by atoms with Crippen LogP contribution in [0.1, 0.15) is 21.5 Å². The Labute approximate surface area is 162 Å². The highest BCUT2D eigenvalue weighted by Gasteiger charge is 2.10. The number of hydrogen-bond acceptors (Lipinski definition) is 3. The zero-order valence-electron chi connectivity index (χ0n) is 14.7. The molecule has 0 saturated heterocycles. The van der Waals surface area contributed by atoms with E-state index in [2.05, 4.69) is 5.32 Å². The van der Waals surface area contributed by atoms with Crippen LogP contribution in [0, 0.1) is 6.92 Å². The number of rotatable bonds is 6. The van der Waals surface area contributed by atoms with Crippen LogP contribution in [0.2, 0.25) is 5.02 Å². The molecule has 3 aromatic rings. The maximum absolute atomic E-state index is 12.4. The zero-order valence-corrected chi connectivity index (χ0v) is 15.5. The topological polar surface area (TPSA) is 55.4 Å². The average Bonchev–Trinajstić information content (AvgIpc) is 2.69. The number of nitrogens with one attached hydrogen (secondary N) is 1. The fourth-order valence-electron chi connectivity index (χ4n) is 2.52. The minimum absolute atomic E-state index is 0.101. The van der Waals surface area contributed by atoms with Gasteiger partial charge in [0, 0.05) is 21.8 Å². The summed E-state index contributed by atoms with van der Waals surface area (Å²) >= 11 is 5.84. The summed E-state index contributed by atoms with van der Waals surface area (Å²) < 4.78 is 5.50. The molecule has 0 spiro atoms. The van der Waals surface area contributed by atoms with Crippen LogP contribution in [-0.2, 0) is 4.79 Å². The van der Waals surface area contributed by atoms with Gasteiger partial charge in [-0.25, -0.2) is 0 Å². The first-order chi connectivity index (χ1) is 13.0. The largest absolute Gasteiger partial charge is 0.484 e. The third-order valence-corrected chi connectivity index (χ3v) is 4.26. The predicted octanol–water partition coefficient (Wildman–Crippen LogP) is 4.90. The molecule has 0 atom stereocenters. The first-order valence-electron chi connectivity index (χ1n) is 8.41. The Morgan fingerprint density at radius 1 is 0.889 bits per heavy atom. The Hall–Kier alpha value is -3.11. The molecule has 136 valence electrons. The van der Waals surface area contributed by atoms with Crippen LogP contribution in [0.5, 0.6) is 5.75 Å². The third kappa shape index (κ3) is 4.96. The standard InChI is InChI=1S/C22H18ClNO3/c1-15-4-2-3-5-20(15)24-21(25)14-27-19-12-8-17(9-13-19)22(26)16-6-10-18(23)11-7-16/h2-13H,14H2,1H3,(H,24,25). The van der Waals surface area contributed by atoms with E-state index in [0.717, 1.165) is 11.3 Å². The molecule has 0 aliphatic carbocycles. The minimum atomic E-state index is -0.245. The fraction of sp³-hybridized carbons (Fsp3) is 0.0909. The number of carbonyl (C=O) groups is 2. The third-order valence-electron chi connectivity index (χ3n) is 4.01. The van der Waals surface area contributed by atoms with Crippen LogP contribution in [0.3, 0.4) is 0 Å². The van der Waals surface area contributed by atoms with Crippen molar-refractivity contribution in [2.45, 2.75) is 6.92 Å². The van der Waals surface area contributed by atoms with E-state index in [1.54, 1.807) is 48.5 Å². The molecule has 3 aromatic carbocycles. The molecule has 0 fully saturated rings. The van der Waals surface area contributed by atoms with Crippen LogP contribution in [0.4, 0.5) is 5.69 Å². The molecule has 0 bridgehead atoms. The van der Waals surface area contributed by atoms with Crippen LogP contribution >= 0.6 is 11.6 Å². The number of carbonyl (C=O) groups excluding carboxylic acids is 2. The van der Waals surface area contributed by atoms with E-state index in [0.29, 0.717) is 21.9 Å². The summed E-state index contributed by atoms with van der Waals surface area (Å²) in [5.74, 6) is 0.170. The quantitative estimate of drug-likeness (QED) is 0.620. The second-order valence-electron chi connectivity index (χ2n) is 6.01. The molecule has 4 nitrogen and oxygen atoms in total. The molecule has 0 unspecified atom stereocenters. The summed E-state index contributed by atoms with van der Waals surface area (Å²) in [6, 6.07) is 21.0. The Bertz CT molecular complexity index is 950. The smallest absolute Gasteiger partial charge is 0.262 e. The summed E-state index contributed by atoms with van der Waals surface area (Å²) in [6.45, 7) is 1.81. The molecular weight excluding hydrogens is 362 g/mol. The zero-order chi connectivity index (χ0) is 19.2. The van der Waals surface area contributed by atoms with Gasteiger partial charge in [-0.3, -0.25) is 9.59 Å². The highest BCUT2D eigenvalue weighted by atomic mass is 35.5. The van der Waals surface area contributed by atoms with Crippen molar-refractivity contribution < 1.29 is 14.3 Å². The summed E-state index contributed by atoms with van der Waals surface area (Å²) in [5, 5.41) is 3.39. The normalized spacial score (nSPS) is 10.3. The minimum Gasteiger partial charge on any atom is -0.484 e. The molecule has 0 radical (unpaired) electrons. The summed E-state index contributed by atoms with van der Waals surface area (Å²) in [7, 11) is 0. The molecule has 0 aliphatic heterocycles. The Balaban J connectivity index is 1.57. The first-order valence-corrected chi connectivity index (χ1v) is 8.79. The predicted molar refractivity (Wildman–Crippen MR) is 107 cm³/mol. The summed E-state index contributed by atoms with van der Waals surface area (Å²) in [6.07, 6.45) is 0. The molecular formula is C22H18ClNO3. The number of ketones is 1. The maximum Gasteiger partial charge on any atom is 0.262 e. The molecule has 0 heterocycles. The number of anilines is 1. The van der Waals surface area contributed by atoms with Crippen molar-refractivity contribution in [2.75, 3.05) is 11.9 Å². The van der Waals surface area contributed by atoms with E-state index in [-0.39, 0.29) is 18.3 Å². The van der Waals surface area contributed by atoms with Gasteiger partial charge in [-0.2, -0.15) is 0 Å². The van der Waals surface area contributed by atoms with E-state index in [1.807, 2.05) is 31.2 Å². The van der Waals surface area contributed by atoms with Gasteiger partial charge in [0.2, 0.25) is 0 Å². The van der Waals surface area contributed by atoms with Gasteiger partial charge in [-0.1, -0.05) is 29.8 Å². The Kier molecular flexibility index (Phi) is 5.89. The monoisotopic (exact) mass is 379 g/mol. The molecule has 27 heavy (non-hydrogen) atoms. The number of amides is 1. The van der Waals surface area contributed by atoms with E-state index >= 15 is 0 Å². The van der Waals surface area contributed by atoms with E-state index in [4.69, 9.17) is 16.3 Å². The number of ether oxygens (including phenoxy) is 1. The molecule has 5 heteroatoms. The summed E-state index contributed by atoms with van der Waals surface area (Å²) in [4.78, 5) is 24.4. The van der Waals surface area contributed by atoms with Gasteiger partial charge in [0.25, 0.3) is 5.91 Å². The van der Waals surface area contributed by atoms with Crippen molar-refractivity contribution >= 4 is 29.0 Å². The molecule has 1 amide bonds. The van der Waals surface area contributed by atoms with E-state index in [1.165, 1.54) is 0 Å². The van der Waals surface area contributed by atoms with E-state index in [9.17, 15) is 9.59 Å². The number of benzene rings is 3. The SMILES string of the molecule is Cc1ccccc1NC(=O)COc1ccc(C(=O)c2ccc(Cl)cc2)cc1. The lowest BCUT2D eigenvalue weighted by Crippen LogP contribution is -2.20. The van der Waals surface area contributed by atoms with Crippen molar-refractivity contribution in [3.63, 3.8) is 0 Å². The Morgan fingerprint density at radius 3 is 2.11 bits per heavy atom. The molecule has 1 N–H and O–H groups in total. The molecule has 0 saturated carbocycles. The lowest BCUT2D eigenvalue weighted by Gasteiger charge is -2.10. The number of aryl methyl sites for hydroxylation is 1. The van der Waals surface area contributed by atoms with Crippen LogP contribution in [-0.4, -0.2) is 18.3 Å². The molecule has 0 aromatic heterocycles. The van der Waals surface area contributed by atoms with Gasteiger partial charge in [0.05, 0.1) is 0 Å². The van der Waals surface area contributed by atoms with Gasteiger partial charge in [-0.15, -0.1) is 0 Å². The second-order valence-corrected chi connectivity index (χ2v) is 6.45. The molecule has 3 rings (SSSR count). The van der Waals surface area contributed by atoms with Gasteiger partial charge >= 0.3 is 0 Å². The highest BCUT2D eigenvalue weighted by Crippen LogP contribution is 2.18. The number of hydrogen-bond donors (Lipinski definition) is 1. The van der Waals surface area contributed by atoms with Crippen LogP contribution in [0.15, 0.2) is 72.8 Å². The fourth-order valence-corrected chi connectivity index (χ4v) is 2.64. The number of halogens is 1.